The fourth-order valence-corrected chi connectivity index (χ4v) is 2.64. The summed E-state index contributed by atoms with van der Waals surface area (Å²) >= 11 is 0. The molecular weight excluding hydrogens is 272 g/mol. The monoisotopic (exact) mass is 290 g/mol. The Labute approximate surface area is 115 Å². The van der Waals surface area contributed by atoms with Gasteiger partial charge in [0.1, 0.15) is 5.82 Å². The highest BCUT2D eigenvalue weighted by molar-refractivity contribution is 5.17. The Morgan fingerprint density at radius 1 is 1.25 bits per heavy atom. The summed E-state index contributed by atoms with van der Waals surface area (Å²) in [5, 5.41) is 0. The van der Waals surface area contributed by atoms with E-state index in [1.807, 2.05) is 0 Å². The van der Waals surface area contributed by atoms with E-state index in [9.17, 15) is 17.6 Å². The van der Waals surface area contributed by atoms with Gasteiger partial charge in [-0.25, -0.2) is 4.39 Å². The summed E-state index contributed by atoms with van der Waals surface area (Å²) in [4.78, 5) is 1.79. The van der Waals surface area contributed by atoms with Crippen LogP contribution in [0, 0.1) is 11.7 Å². The molecule has 2 atom stereocenters. The molecule has 0 radical (unpaired) electrons. The van der Waals surface area contributed by atoms with Gasteiger partial charge in [0.05, 0.1) is 5.92 Å². The highest BCUT2D eigenvalue weighted by Gasteiger charge is 2.44. The van der Waals surface area contributed by atoms with Crippen molar-refractivity contribution in [2.75, 3.05) is 19.6 Å². The summed E-state index contributed by atoms with van der Waals surface area (Å²) in [6.07, 6.45) is -3.46. The second-order valence-corrected chi connectivity index (χ2v) is 5.24. The number of halogens is 4. The summed E-state index contributed by atoms with van der Waals surface area (Å²) in [6, 6.07) is 5.87. The minimum absolute atomic E-state index is 0.00651. The van der Waals surface area contributed by atoms with Crippen molar-refractivity contribution in [3.63, 3.8) is 0 Å². The molecule has 1 aliphatic heterocycles. The molecular formula is C14H18F4N2. The molecule has 2 nitrogen and oxygen atoms in total. The Bertz CT molecular complexity index is 430. The Balaban J connectivity index is 1.97. The van der Waals surface area contributed by atoms with Gasteiger partial charge in [0.25, 0.3) is 0 Å². The predicted molar refractivity (Wildman–Crippen MR) is 68.7 cm³/mol. The Hall–Kier alpha value is -1.14. The first-order valence-electron chi connectivity index (χ1n) is 6.65. The van der Waals surface area contributed by atoms with Crippen LogP contribution < -0.4 is 5.73 Å². The van der Waals surface area contributed by atoms with Crippen molar-refractivity contribution in [1.82, 2.24) is 4.90 Å². The van der Waals surface area contributed by atoms with Crippen molar-refractivity contribution in [1.29, 1.82) is 0 Å². The molecule has 0 amide bonds. The van der Waals surface area contributed by atoms with E-state index in [-0.39, 0.29) is 24.8 Å². The molecule has 0 aliphatic carbocycles. The SMILES string of the molecule is NC[C@H](Cc1ccc(F)cc1)N1CC[C@H](C(F)(F)F)C1. The third kappa shape index (κ3) is 3.70. The first-order valence-corrected chi connectivity index (χ1v) is 6.65. The lowest BCUT2D eigenvalue weighted by Gasteiger charge is -2.27. The van der Waals surface area contributed by atoms with Crippen molar-refractivity contribution in [3.05, 3.63) is 35.6 Å². The summed E-state index contributed by atoms with van der Waals surface area (Å²) in [6.45, 7) is 0.710. The van der Waals surface area contributed by atoms with E-state index in [0.29, 0.717) is 19.5 Å². The van der Waals surface area contributed by atoms with Gasteiger partial charge in [0.2, 0.25) is 0 Å². The first-order chi connectivity index (χ1) is 9.40. The molecule has 1 heterocycles. The normalized spacial score (nSPS) is 22.1. The molecule has 1 aliphatic rings. The number of likely N-dealkylation sites (tertiary alicyclic amines) is 1. The fraction of sp³-hybridized carbons (Fsp3) is 0.571. The lowest BCUT2D eigenvalue weighted by atomic mass is 10.0. The summed E-state index contributed by atoms with van der Waals surface area (Å²) in [5.74, 6) is -1.58. The van der Waals surface area contributed by atoms with Crippen molar-refractivity contribution in [3.8, 4) is 0 Å². The molecule has 0 unspecified atom stereocenters. The van der Waals surface area contributed by atoms with Gasteiger partial charge in [0.15, 0.2) is 0 Å². The Morgan fingerprint density at radius 2 is 1.90 bits per heavy atom. The Kier molecular flexibility index (Phi) is 4.65. The molecule has 0 aromatic heterocycles. The molecule has 0 saturated carbocycles. The molecule has 0 bridgehead atoms. The molecule has 1 aromatic carbocycles. The van der Waals surface area contributed by atoms with Gasteiger partial charge >= 0.3 is 6.18 Å². The van der Waals surface area contributed by atoms with Crippen LogP contribution in [0.1, 0.15) is 12.0 Å². The van der Waals surface area contributed by atoms with Crippen molar-refractivity contribution >= 4 is 0 Å². The number of hydrogen-bond acceptors (Lipinski definition) is 2. The smallest absolute Gasteiger partial charge is 0.329 e. The third-order valence-electron chi connectivity index (χ3n) is 3.86. The lowest BCUT2D eigenvalue weighted by Crippen LogP contribution is -2.41. The summed E-state index contributed by atoms with van der Waals surface area (Å²) in [5.41, 5.74) is 6.57. The van der Waals surface area contributed by atoms with E-state index >= 15 is 0 Å². The second kappa shape index (κ2) is 6.10. The molecule has 2 rings (SSSR count). The standard InChI is InChI=1S/C14H18F4N2/c15-12-3-1-10(2-4-12)7-13(8-19)20-6-5-11(9-20)14(16,17)18/h1-4,11,13H,5-9,19H2/t11-,13-/m0/s1. The highest BCUT2D eigenvalue weighted by Crippen LogP contribution is 2.34. The third-order valence-corrected chi connectivity index (χ3v) is 3.86. The van der Waals surface area contributed by atoms with Crippen molar-refractivity contribution < 1.29 is 17.6 Å². The number of hydrogen-bond donors (Lipinski definition) is 1. The summed E-state index contributed by atoms with van der Waals surface area (Å²) < 4.78 is 50.8. The zero-order valence-electron chi connectivity index (χ0n) is 11.0. The maximum atomic E-state index is 12.8. The number of benzene rings is 1. The quantitative estimate of drug-likeness (QED) is 0.864. The number of rotatable bonds is 4. The van der Waals surface area contributed by atoms with Gasteiger partial charge in [-0.05, 0) is 37.1 Å². The van der Waals surface area contributed by atoms with Gasteiger partial charge in [-0.15, -0.1) is 0 Å². The Morgan fingerprint density at radius 3 is 2.40 bits per heavy atom. The number of nitrogens with two attached hydrogens (primary N) is 1. The van der Waals surface area contributed by atoms with E-state index in [1.54, 1.807) is 17.0 Å². The van der Waals surface area contributed by atoms with Gasteiger partial charge in [-0.1, -0.05) is 12.1 Å². The van der Waals surface area contributed by atoms with Crippen molar-refractivity contribution in [2.45, 2.75) is 25.1 Å². The zero-order chi connectivity index (χ0) is 14.8. The zero-order valence-corrected chi connectivity index (χ0v) is 11.0. The summed E-state index contributed by atoms with van der Waals surface area (Å²) in [7, 11) is 0. The molecule has 112 valence electrons. The molecule has 1 fully saturated rings. The van der Waals surface area contributed by atoms with Crippen LogP contribution in [0.4, 0.5) is 17.6 Å². The molecule has 2 N–H and O–H groups in total. The van der Waals surface area contributed by atoms with Crippen LogP contribution in [0.3, 0.4) is 0 Å². The van der Waals surface area contributed by atoms with Crippen LogP contribution >= 0.6 is 0 Å². The van der Waals surface area contributed by atoms with Gasteiger partial charge in [0, 0.05) is 19.1 Å². The van der Waals surface area contributed by atoms with Crippen LogP contribution in [-0.2, 0) is 6.42 Å². The van der Waals surface area contributed by atoms with E-state index in [0.717, 1.165) is 5.56 Å². The van der Waals surface area contributed by atoms with Crippen LogP contribution in [0.15, 0.2) is 24.3 Å². The molecule has 20 heavy (non-hydrogen) atoms. The minimum Gasteiger partial charge on any atom is -0.329 e. The molecule has 1 aromatic rings. The van der Waals surface area contributed by atoms with Gasteiger partial charge < -0.3 is 5.73 Å². The predicted octanol–water partition coefficient (Wildman–Crippen LogP) is 2.58. The van der Waals surface area contributed by atoms with E-state index in [1.165, 1.54) is 12.1 Å². The maximum Gasteiger partial charge on any atom is 0.393 e. The molecule has 6 heteroatoms. The van der Waals surface area contributed by atoms with E-state index in [2.05, 4.69) is 0 Å². The number of nitrogens with zero attached hydrogens (tertiary/aromatic N) is 1. The van der Waals surface area contributed by atoms with Crippen LogP contribution in [0.5, 0.6) is 0 Å². The maximum absolute atomic E-state index is 12.8. The highest BCUT2D eigenvalue weighted by atomic mass is 19.4. The molecule has 0 spiro atoms. The number of alkyl halides is 3. The van der Waals surface area contributed by atoms with Crippen LogP contribution in [0.25, 0.3) is 0 Å². The van der Waals surface area contributed by atoms with Gasteiger partial charge in [-0.2, -0.15) is 13.2 Å². The van der Waals surface area contributed by atoms with Gasteiger partial charge in [-0.3, -0.25) is 4.90 Å². The fourth-order valence-electron chi connectivity index (χ4n) is 2.64. The average Bonchev–Trinajstić information content (AvgIpc) is 2.87. The first kappa shape index (κ1) is 15.3. The van der Waals surface area contributed by atoms with E-state index in [4.69, 9.17) is 5.73 Å². The average molecular weight is 290 g/mol. The van der Waals surface area contributed by atoms with Crippen LogP contribution in [-0.4, -0.2) is 36.8 Å². The minimum atomic E-state index is -4.14. The van der Waals surface area contributed by atoms with Crippen molar-refractivity contribution in [2.24, 2.45) is 11.7 Å². The lowest BCUT2D eigenvalue weighted by molar-refractivity contribution is -0.170. The topological polar surface area (TPSA) is 29.3 Å². The largest absolute Gasteiger partial charge is 0.393 e. The van der Waals surface area contributed by atoms with Crippen LogP contribution in [0.2, 0.25) is 0 Å². The molecule has 1 saturated heterocycles. The van der Waals surface area contributed by atoms with E-state index < -0.39 is 12.1 Å². The second-order valence-electron chi connectivity index (χ2n) is 5.24.